The van der Waals surface area contributed by atoms with E-state index in [9.17, 15) is 14.0 Å². The first-order chi connectivity index (χ1) is 12.1. The van der Waals surface area contributed by atoms with Gasteiger partial charge < -0.3 is 9.80 Å². The number of hydrogen-bond acceptors (Lipinski definition) is 2. The van der Waals surface area contributed by atoms with Crippen LogP contribution in [0, 0.1) is 11.7 Å². The number of nitrogens with zero attached hydrogens (tertiary/aromatic N) is 2. The number of rotatable bonds is 5. The third-order valence-electron chi connectivity index (χ3n) is 5.33. The Morgan fingerprint density at radius 2 is 1.92 bits per heavy atom. The summed E-state index contributed by atoms with van der Waals surface area (Å²) in [6.07, 6.45) is 6.07. The van der Waals surface area contributed by atoms with Crippen molar-refractivity contribution in [3.63, 3.8) is 0 Å². The number of halogens is 1. The fourth-order valence-electron chi connectivity index (χ4n) is 3.90. The van der Waals surface area contributed by atoms with Gasteiger partial charge in [0.2, 0.25) is 11.8 Å². The molecule has 0 aliphatic carbocycles. The molecule has 0 N–H and O–H groups in total. The molecule has 4 nitrogen and oxygen atoms in total. The van der Waals surface area contributed by atoms with Crippen molar-refractivity contribution in [1.82, 2.24) is 9.80 Å². The zero-order valence-electron chi connectivity index (χ0n) is 14.8. The van der Waals surface area contributed by atoms with Gasteiger partial charge in [0.15, 0.2) is 0 Å². The van der Waals surface area contributed by atoms with Crippen LogP contribution in [0.1, 0.15) is 44.1 Å². The zero-order chi connectivity index (χ0) is 17.6. The predicted molar refractivity (Wildman–Crippen MR) is 94.5 cm³/mol. The minimum atomic E-state index is -0.212. The summed E-state index contributed by atoms with van der Waals surface area (Å²) in [6.45, 7) is 2.92. The summed E-state index contributed by atoms with van der Waals surface area (Å²) < 4.78 is 13.0. The van der Waals surface area contributed by atoms with E-state index in [1.54, 1.807) is 0 Å². The maximum Gasteiger partial charge on any atom is 0.224 e. The average molecular weight is 346 g/mol. The summed E-state index contributed by atoms with van der Waals surface area (Å²) >= 11 is 0. The second kappa shape index (κ2) is 8.45. The van der Waals surface area contributed by atoms with Crippen LogP contribution in [-0.2, 0) is 16.0 Å². The summed E-state index contributed by atoms with van der Waals surface area (Å²) in [5.41, 5.74) is 1.12. The van der Waals surface area contributed by atoms with Gasteiger partial charge in [-0.3, -0.25) is 9.59 Å². The molecule has 2 amide bonds. The normalized spacial score (nSPS) is 21.5. The first kappa shape index (κ1) is 17.9. The Kier molecular flexibility index (Phi) is 6.05. The summed E-state index contributed by atoms with van der Waals surface area (Å²) in [5, 5.41) is 0. The Morgan fingerprint density at radius 3 is 2.68 bits per heavy atom. The molecule has 1 aromatic rings. The molecular formula is C20H27FN2O2. The summed E-state index contributed by atoms with van der Waals surface area (Å²) in [7, 11) is 0. The van der Waals surface area contributed by atoms with Gasteiger partial charge in [0.25, 0.3) is 0 Å². The van der Waals surface area contributed by atoms with Crippen molar-refractivity contribution in [3.8, 4) is 0 Å². The van der Waals surface area contributed by atoms with Crippen molar-refractivity contribution in [2.24, 2.45) is 5.92 Å². The van der Waals surface area contributed by atoms with Gasteiger partial charge in [-0.15, -0.1) is 0 Å². The quantitative estimate of drug-likeness (QED) is 0.822. The summed E-state index contributed by atoms with van der Waals surface area (Å²) in [4.78, 5) is 28.2. The van der Waals surface area contributed by atoms with E-state index in [4.69, 9.17) is 0 Å². The number of benzene rings is 1. The van der Waals surface area contributed by atoms with Gasteiger partial charge in [-0.25, -0.2) is 4.39 Å². The molecule has 0 bridgehead atoms. The number of amides is 2. The van der Waals surface area contributed by atoms with E-state index >= 15 is 0 Å². The summed E-state index contributed by atoms with van der Waals surface area (Å²) in [6, 6.07) is 6.66. The van der Waals surface area contributed by atoms with Gasteiger partial charge in [-0.1, -0.05) is 12.1 Å². The minimum absolute atomic E-state index is 0.155. The fourth-order valence-corrected chi connectivity index (χ4v) is 3.90. The first-order valence-corrected chi connectivity index (χ1v) is 9.42. The van der Waals surface area contributed by atoms with Gasteiger partial charge in [-0.05, 0) is 55.7 Å². The van der Waals surface area contributed by atoms with Crippen LogP contribution >= 0.6 is 0 Å². The van der Waals surface area contributed by atoms with Crippen LogP contribution in [0.4, 0.5) is 4.39 Å². The fraction of sp³-hybridized carbons (Fsp3) is 0.600. The Bertz CT molecular complexity index is 602. The maximum absolute atomic E-state index is 13.0. The Morgan fingerprint density at radius 1 is 1.12 bits per heavy atom. The topological polar surface area (TPSA) is 40.6 Å². The molecular weight excluding hydrogens is 319 g/mol. The number of hydrogen-bond donors (Lipinski definition) is 0. The SMILES string of the molecule is O=C1CCCCN1CCC(=O)N1CCCC(Cc2ccc(F)cc2)C1. The smallest absolute Gasteiger partial charge is 0.224 e. The van der Waals surface area contributed by atoms with Crippen molar-refractivity contribution in [2.75, 3.05) is 26.2 Å². The lowest BCUT2D eigenvalue weighted by Crippen LogP contribution is -2.43. The number of carbonyl (C=O) groups is 2. The second-order valence-corrected chi connectivity index (χ2v) is 7.27. The molecule has 5 heteroatoms. The molecule has 1 atom stereocenters. The standard InChI is InChI=1S/C20H27FN2O2/c21-18-8-6-16(7-9-18)14-17-4-3-12-23(15-17)20(25)10-13-22-11-2-1-5-19(22)24/h6-9,17H,1-5,10-15H2. The third kappa shape index (κ3) is 5.03. The molecule has 2 heterocycles. The minimum Gasteiger partial charge on any atom is -0.342 e. The van der Waals surface area contributed by atoms with Crippen molar-refractivity contribution in [1.29, 1.82) is 0 Å². The molecule has 2 aliphatic heterocycles. The van der Waals surface area contributed by atoms with Crippen LogP contribution in [0.2, 0.25) is 0 Å². The molecule has 3 rings (SSSR count). The third-order valence-corrected chi connectivity index (χ3v) is 5.33. The molecule has 0 radical (unpaired) electrons. The highest BCUT2D eigenvalue weighted by atomic mass is 19.1. The van der Waals surface area contributed by atoms with E-state index < -0.39 is 0 Å². The van der Waals surface area contributed by atoms with Gasteiger partial charge in [0.1, 0.15) is 5.82 Å². The number of likely N-dealkylation sites (tertiary alicyclic amines) is 2. The Labute approximate surface area is 149 Å². The second-order valence-electron chi connectivity index (χ2n) is 7.27. The largest absolute Gasteiger partial charge is 0.342 e. The van der Waals surface area contributed by atoms with Gasteiger partial charge in [-0.2, -0.15) is 0 Å². The molecule has 2 aliphatic rings. The highest BCUT2D eigenvalue weighted by molar-refractivity contribution is 5.79. The molecule has 1 aromatic carbocycles. The van der Waals surface area contributed by atoms with Crippen LogP contribution in [0.25, 0.3) is 0 Å². The lowest BCUT2D eigenvalue weighted by atomic mass is 9.91. The van der Waals surface area contributed by atoms with Crippen molar-refractivity contribution < 1.29 is 14.0 Å². The van der Waals surface area contributed by atoms with Crippen LogP contribution in [0.5, 0.6) is 0 Å². The maximum atomic E-state index is 13.0. The van der Waals surface area contributed by atoms with Gasteiger partial charge >= 0.3 is 0 Å². The molecule has 25 heavy (non-hydrogen) atoms. The van der Waals surface area contributed by atoms with E-state index in [1.807, 2.05) is 21.9 Å². The zero-order valence-corrected chi connectivity index (χ0v) is 14.8. The number of piperidine rings is 2. The van der Waals surface area contributed by atoms with E-state index in [0.29, 0.717) is 25.3 Å². The van der Waals surface area contributed by atoms with Crippen LogP contribution in [0.15, 0.2) is 24.3 Å². The Hall–Kier alpha value is -1.91. The summed E-state index contributed by atoms with van der Waals surface area (Å²) in [5.74, 6) is 0.560. The molecule has 136 valence electrons. The number of carbonyl (C=O) groups excluding carboxylic acids is 2. The molecule has 2 saturated heterocycles. The van der Waals surface area contributed by atoms with E-state index in [1.165, 1.54) is 12.1 Å². The monoisotopic (exact) mass is 346 g/mol. The predicted octanol–water partition coefficient (Wildman–Crippen LogP) is 3.01. The molecule has 0 saturated carbocycles. The van der Waals surface area contributed by atoms with Crippen molar-refractivity contribution in [2.45, 2.75) is 44.9 Å². The van der Waals surface area contributed by atoms with Crippen molar-refractivity contribution in [3.05, 3.63) is 35.6 Å². The van der Waals surface area contributed by atoms with Crippen LogP contribution < -0.4 is 0 Å². The lowest BCUT2D eigenvalue weighted by Gasteiger charge is -2.34. The van der Waals surface area contributed by atoms with Crippen molar-refractivity contribution >= 4 is 11.8 Å². The van der Waals surface area contributed by atoms with Gasteiger partial charge in [0.05, 0.1) is 0 Å². The highest BCUT2D eigenvalue weighted by Crippen LogP contribution is 2.22. The average Bonchev–Trinajstić information content (AvgIpc) is 2.63. The molecule has 1 unspecified atom stereocenters. The lowest BCUT2D eigenvalue weighted by molar-refractivity contribution is -0.136. The van der Waals surface area contributed by atoms with Gasteiger partial charge in [0, 0.05) is 39.0 Å². The molecule has 2 fully saturated rings. The molecule has 0 spiro atoms. The highest BCUT2D eigenvalue weighted by Gasteiger charge is 2.25. The van der Waals surface area contributed by atoms with E-state index in [2.05, 4.69) is 0 Å². The van der Waals surface area contributed by atoms with E-state index in [0.717, 1.165) is 57.3 Å². The van der Waals surface area contributed by atoms with E-state index in [-0.39, 0.29) is 17.6 Å². The Balaban J connectivity index is 1.47. The van der Waals surface area contributed by atoms with Crippen LogP contribution in [-0.4, -0.2) is 47.8 Å². The van der Waals surface area contributed by atoms with Crippen LogP contribution in [0.3, 0.4) is 0 Å². The first-order valence-electron chi connectivity index (χ1n) is 9.42. The molecule has 0 aromatic heterocycles.